The predicted molar refractivity (Wildman–Crippen MR) is 92.1 cm³/mol. The van der Waals surface area contributed by atoms with Crippen LogP contribution < -0.4 is 4.90 Å². The number of nitrogens with zero attached hydrogens (tertiary/aromatic N) is 3. The quantitative estimate of drug-likeness (QED) is 0.919. The number of nitrogens with one attached hydrogen (secondary N) is 1. The first-order chi connectivity index (χ1) is 10.9. The SMILES string of the molecule is Cc1ncc(C(=O)N2CCN(c3ccc(Cl)cc3)CC2(C)C)[nH]1. The molecule has 0 atom stereocenters. The summed E-state index contributed by atoms with van der Waals surface area (Å²) in [6.45, 7) is 8.27. The standard InChI is InChI=1S/C17H21ClN4O/c1-12-19-10-15(20-12)16(23)22-9-8-21(11-17(22,2)3)14-6-4-13(18)5-7-14/h4-7,10H,8-9,11H2,1-3H3,(H,19,20). The molecule has 0 radical (unpaired) electrons. The summed E-state index contributed by atoms with van der Waals surface area (Å²) in [5.74, 6) is 0.761. The second-order valence-corrected chi connectivity index (χ2v) is 6.99. The van der Waals surface area contributed by atoms with Crippen molar-refractivity contribution in [2.24, 2.45) is 0 Å². The lowest BCUT2D eigenvalue weighted by Gasteiger charge is -2.47. The topological polar surface area (TPSA) is 52.2 Å². The van der Waals surface area contributed by atoms with E-state index in [1.54, 1.807) is 6.20 Å². The molecular formula is C17H21ClN4O. The smallest absolute Gasteiger partial charge is 0.272 e. The number of imidazole rings is 1. The van der Waals surface area contributed by atoms with E-state index in [0.717, 1.165) is 29.6 Å². The van der Waals surface area contributed by atoms with E-state index in [-0.39, 0.29) is 11.4 Å². The molecule has 5 nitrogen and oxygen atoms in total. The van der Waals surface area contributed by atoms with Crippen LogP contribution in [0, 0.1) is 6.92 Å². The Labute approximate surface area is 141 Å². The van der Waals surface area contributed by atoms with Gasteiger partial charge in [-0.2, -0.15) is 0 Å². The minimum Gasteiger partial charge on any atom is -0.367 e. The van der Waals surface area contributed by atoms with Gasteiger partial charge in [-0.3, -0.25) is 4.79 Å². The van der Waals surface area contributed by atoms with Crippen LogP contribution in [-0.2, 0) is 0 Å². The minimum atomic E-state index is -0.270. The van der Waals surface area contributed by atoms with Crippen LogP contribution in [0.15, 0.2) is 30.5 Å². The summed E-state index contributed by atoms with van der Waals surface area (Å²) in [6, 6.07) is 7.84. The van der Waals surface area contributed by atoms with Gasteiger partial charge >= 0.3 is 0 Å². The minimum absolute atomic E-state index is 0.00589. The Kier molecular flexibility index (Phi) is 4.06. The fourth-order valence-corrected chi connectivity index (χ4v) is 3.20. The molecule has 1 aromatic carbocycles. The molecule has 2 aromatic rings. The molecule has 0 saturated carbocycles. The van der Waals surface area contributed by atoms with Gasteiger partial charge in [0.25, 0.3) is 5.91 Å². The summed E-state index contributed by atoms with van der Waals surface area (Å²) in [4.78, 5) is 24.1. The first kappa shape index (κ1) is 15.9. The number of anilines is 1. The van der Waals surface area contributed by atoms with E-state index in [9.17, 15) is 4.79 Å². The highest BCUT2D eigenvalue weighted by atomic mass is 35.5. The number of aromatic amines is 1. The van der Waals surface area contributed by atoms with Gasteiger partial charge in [0.2, 0.25) is 0 Å². The molecule has 0 bridgehead atoms. The molecule has 2 heterocycles. The van der Waals surface area contributed by atoms with Crippen molar-refractivity contribution in [1.29, 1.82) is 0 Å². The maximum Gasteiger partial charge on any atom is 0.272 e. The second-order valence-electron chi connectivity index (χ2n) is 6.55. The Morgan fingerprint density at radius 2 is 1.96 bits per heavy atom. The summed E-state index contributed by atoms with van der Waals surface area (Å²) >= 11 is 5.96. The largest absolute Gasteiger partial charge is 0.367 e. The van der Waals surface area contributed by atoms with Crippen molar-refractivity contribution in [2.75, 3.05) is 24.5 Å². The van der Waals surface area contributed by atoms with Crippen molar-refractivity contribution in [3.63, 3.8) is 0 Å². The second kappa shape index (κ2) is 5.89. The number of carbonyl (C=O) groups excluding carboxylic acids is 1. The predicted octanol–water partition coefficient (Wildman–Crippen LogP) is 3.11. The maximum atomic E-state index is 12.7. The third kappa shape index (κ3) is 3.20. The van der Waals surface area contributed by atoms with Crippen molar-refractivity contribution < 1.29 is 4.79 Å². The Balaban J connectivity index is 1.77. The molecule has 6 heteroatoms. The molecule has 1 fully saturated rings. The van der Waals surface area contributed by atoms with Crippen molar-refractivity contribution in [2.45, 2.75) is 26.3 Å². The number of piperazine rings is 1. The van der Waals surface area contributed by atoms with E-state index >= 15 is 0 Å². The molecule has 0 unspecified atom stereocenters. The van der Waals surface area contributed by atoms with Crippen molar-refractivity contribution in [3.05, 3.63) is 47.0 Å². The fourth-order valence-electron chi connectivity index (χ4n) is 3.08. The zero-order valence-corrected chi connectivity index (χ0v) is 14.4. The maximum absolute atomic E-state index is 12.7. The average molecular weight is 333 g/mol. The molecule has 1 amide bonds. The van der Waals surface area contributed by atoms with E-state index in [1.807, 2.05) is 36.1 Å². The molecule has 1 aliphatic rings. The van der Waals surface area contributed by atoms with Crippen LogP contribution in [0.2, 0.25) is 5.02 Å². The van der Waals surface area contributed by atoms with Crippen LogP contribution >= 0.6 is 11.6 Å². The number of carbonyl (C=O) groups is 1. The molecular weight excluding hydrogens is 312 g/mol. The molecule has 0 aliphatic carbocycles. The van der Waals surface area contributed by atoms with Crippen molar-refractivity contribution in [3.8, 4) is 0 Å². The number of aryl methyl sites for hydroxylation is 1. The van der Waals surface area contributed by atoms with E-state index in [2.05, 4.69) is 28.7 Å². The molecule has 0 spiro atoms. The van der Waals surface area contributed by atoms with E-state index in [4.69, 9.17) is 11.6 Å². The van der Waals surface area contributed by atoms with Crippen LogP contribution in [-0.4, -0.2) is 45.9 Å². The van der Waals surface area contributed by atoms with Gasteiger partial charge in [0.05, 0.1) is 11.7 Å². The van der Waals surface area contributed by atoms with Gasteiger partial charge in [0, 0.05) is 30.3 Å². The highest BCUT2D eigenvalue weighted by molar-refractivity contribution is 6.30. The van der Waals surface area contributed by atoms with Gasteiger partial charge < -0.3 is 14.8 Å². The van der Waals surface area contributed by atoms with Gasteiger partial charge in [-0.05, 0) is 45.0 Å². The number of benzene rings is 1. The Morgan fingerprint density at radius 3 is 2.52 bits per heavy atom. The molecule has 1 aromatic heterocycles. The van der Waals surface area contributed by atoms with Crippen LogP contribution in [0.4, 0.5) is 5.69 Å². The molecule has 1 N–H and O–H groups in total. The van der Waals surface area contributed by atoms with Crippen LogP contribution in [0.5, 0.6) is 0 Å². The van der Waals surface area contributed by atoms with Gasteiger partial charge in [-0.1, -0.05) is 11.6 Å². The van der Waals surface area contributed by atoms with Gasteiger partial charge in [0.15, 0.2) is 0 Å². The summed E-state index contributed by atoms with van der Waals surface area (Å²) in [5.41, 5.74) is 1.41. The Bertz CT molecular complexity index is 708. The van der Waals surface area contributed by atoms with Crippen LogP contribution in [0.25, 0.3) is 0 Å². The first-order valence-electron chi connectivity index (χ1n) is 7.71. The number of rotatable bonds is 2. The third-order valence-corrected chi connectivity index (χ3v) is 4.52. The Morgan fingerprint density at radius 1 is 1.26 bits per heavy atom. The monoisotopic (exact) mass is 332 g/mol. The van der Waals surface area contributed by atoms with Crippen molar-refractivity contribution in [1.82, 2.24) is 14.9 Å². The molecule has 3 rings (SSSR count). The summed E-state index contributed by atoms with van der Waals surface area (Å²) < 4.78 is 0. The van der Waals surface area contributed by atoms with Crippen LogP contribution in [0.3, 0.4) is 0 Å². The molecule has 23 heavy (non-hydrogen) atoms. The number of hydrogen-bond acceptors (Lipinski definition) is 3. The van der Waals surface area contributed by atoms with Gasteiger partial charge in [-0.25, -0.2) is 4.98 Å². The fraction of sp³-hybridized carbons (Fsp3) is 0.412. The Hall–Kier alpha value is -2.01. The summed E-state index contributed by atoms with van der Waals surface area (Å²) in [5, 5.41) is 0.733. The van der Waals surface area contributed by atoms with E-state index in [0.29, 0.717) is 12.2 Å². The highest BCUT2D eigenvalue weighted by Gasteiger charge is 2.37. The van der Waals surface area contributed by atoms with Crippen molar-refractivity contribution >= 4 is 23.2 Å². The lowest BCUT2D eigenvalue weighted by atomic mass is 9.97. The zero-order chi connectivity index (χ0) is 16.6. The number of amides is 1. The molecule has 1 aliphatic heterocycles. The average Bonchev–Trinajstić information content (AvgIpc) is 2.93. The zero-order valence-electron chi connectivity index (χ0n) is 13.6. The lowest BCUT2D eigenvalue weighted by Crippen LogP contribution is -2.61. The third-order valence-electron chi connectivity index (χ3n) is 4.27. The number of aromatic nitrogens is 2. The van der Waals surface area contributed by atoms with Gasteiger partial charge in [0.1, 0.15) is 11.5 Å². The molecule has 1 saturated heterocycles. The summed E-state index contributed by atoms with van der Waals surface area (Å²) in [7, 11) is 0. The molecule has 122 valence electrons. The number of H-pyrrole nitrogens is 1. The van der Waals surface area contributed by atoms with E-state index < -0.39 is 0 Å². The number of hydrogen-bond donors (Lipinski definition) is 1. The number of halogens is 1. The summed E-state index contributed by atoms with van der Waals surface area (Å²) in [6.07, 6.45) is 1.61. The normalized spacial score (nSPS) is 17.4. The first-order valence-corrected chi connectivity index (χ1v) is 8.09. The lowest BCUT2D eigenvalue weighted by molar-refractivity contribution is 0.0509. The van der Waals surface area contributed by atoms with E-state index in [1.165, 1.54) is 0 Å². The highest BCUT2D eigenvalue weighted by Crippen LogP contribution is 2.27. The van der Waals surface area contributed by atoms with Crippen LogP contribution in [0.1, 0.15) is 30.2 Å². The van der Waals surface area contributed by atoms with Gasteiger partial charge in [-0.15, -0.1) is 0 Å².